The average molecular weight is 401 g/mol. The van der Waals surface area contributed by atoms with Crippen LogP contribution in [0.3, 0.4) is 0 Å². The lowest BCUT2D eigenvalue weighted by Crippen LogP contribution is -2.35. The van der Waals surface area contributed by atoms with Crippen LogP contribution < -0.4 is 5.32 Å². The molecule has 0 saturated carbocycles. The van der Waals surface area contributed by atoms with Crippen LogP contribution in [0, 0.1) is 0 Å². The first kappa shape index (κ1) is 21.1. The topological polar surface area (TPSA) is 78.8 Å². The second-order valence-corrected chi connectivity index (χ2v) is 6.71. The highest BCUT2D eigenvalue weighted by atomic mass is 32.2. The van der Waals surface area contributed by atoms with Crippen LogP contribution >= 0.6 is 11.8 Å². The molecule has 0 fully saturated rings. The first-order valence-corrected chi connectivity index (χ1v) is 8.72. The molecule has 0 aliphatic heterocycles. The Kier molecular flexibility index (Phi) is 7.52. The third kappa shape index (κ3) is 7.49. The van der Waals surface area contributed by atoms with Crippen molar-refractivity contribution in [3.8, 4) is 0 Å². The second kappa shape index (κ2) is 9.63. The molecule has 0 aliphatic carbocycles. The van der Waals surface area contributed by atoms with Crippen LogP contribution in [0.2, 0.25) is 0 Å². The van der Waals surface area contributed by atoms with E-state index >= 15 is 0 Å². The van der Waals surface area contributed by atoms with Crippen molar-refractivity contribution in [2.24, 2.45) is 0 Å². The third-order valence-electron chi connectivity index (χ3n) is 3.49. The number of nitrogens with one attached hydrogen (secondary N) is 1. The first-order valence-electron chi connectivity index (χ1n) is 7.91. The highest BCUT2D eigenvalue weighted by molar-refractivity contribution is 8.00. The molecule has 2 atom stereocenters. The Morgan fingerprint density at radius 1 is 1.07 bits per heavy atom. The second-order valence-electron chi connectivity index (χ2n) is 5.57. The van der Waals surface area contributed by atoms with Gasteiger partial charge in [-0.1, -0.05) is 42.5 Å². The molecule has 2 rings (SSSR count). The van der Waals surface area contributed by atoms with Gasteiger partial charge in [0.25, 0.3) is 0 Å². The molecule has 2 unspecified atom stereocenters. The minimum atomic E-state index is -4.40. The van der Waals surface area contributed by atoms with Crippen molar-refractivity contribution in [3.63, 3.8) is 0 Å². The number of thioether (sulfide) groups is 1. The van der Waals surface area contributed by atoms with Gasteiger partial charge in [-0.05, 0) is 35.0 Å². The van der Waals surface area contributed by atoms with Crippen LogP contribution in [0.4, 0.5) is 18.0 Å². The van der Waals surface area contributed by atoms with Crippen molar-refractivity contribution in [1.82, 2.24) is 5.32 Å². The van der Waals surface area contributed by atoms with Gasteiger partial charge < -0.3 is 20.3 Å². The van der Waals surface area contributed by atoms with E-state index in [1.165, 1.54) is 24.3 Å². The van der Waals surface area contributed by atoms with Crippen LogP contribution in [0.5, 0.6) is 0 Å². The van der Waals surface area contributed by atoms with Gasteiger partial charge in [-0.2, -0.15) is 13.2 Å². The summed E-state index contributed by atoms with van der Waals surface area (Å²) in [6.07, 6.45) is -3.48. The van der Waals surface area contributed by atoms with E-state index in [1.807, 2.05) is 6.07 Å². The molecule has 3 N–H and O–H groups in total. The summed E-state index contributed by atoms with van der Waals surface area (Å²) in [5, 5.41) is 22.3. The smallest absolute Gasteiger partial charge is 0.445 e. The lowest BCUT2D eigenvalue weighted by molar-refractivity contribution is -0.0328. The van der Waals surface area contributed by atoms with Crippen molar-refractivity contribution in [3.05, 3.63) is 65.7 Å². The van der Waals surface area contributed by atoms with Crippen molar-refractivity contribution < 1.29 is 32.9 Å². The molecule has 9 heteroatoms. The van der Waals surface area contributed by atoms with Crippen LogP contribution in [-0.2, 0) is 11.3 Å². The molecule has 27 heavy (non-hydrogen) atoms. The number of hydrogen-bond donors (Lipinski definition) is 3. The molecule has 1 amide bonds. The zero-order valence-electron chi connectivity index (χ0n) is 14.0. The fourth-order valence-electron chi connectivity index (χ4n) is 2.16. The fraction of sp³-hybridized carbons (Fsp3) is 0.278. The van der Waals surface area contributed by atoms with Gasteiger partial charge in [0.2, 0.25) is 0 Å². The third-order valence-corrected chi connectivity index (χ3v) is 4.23. The summed E-state index contributed by atoms with van der Waals surface area (Å²) in [7, 11) is 0. The lowest BCUT2D eigenvalue weighted by atomic mass is 10.0. The minimum Gasteiger partial charge on any atom is -0.445 e. The number of amides is 1. The summed E-state index contributed by atoms with van der Waals surface area (Å²) in [6, 6.07) is 14.0. The normalized spacial score (nSPS) is 13.7. The molecule has 5 nitrogen and oxygen atoms in total. The zero-order chi connectivity index (χ0) is 19.9. The average Bonchev–Trinajstić information content (AvgIpc) is 2.64. The molecule has 2 aromatic carbocycles. The molecule has 0 saturated heterocycles. The van der Waals surface area contributed by atoms with Crippen molar-refractivity contribution in [2.45, 2.75) is 29.2 Å². The number of rotatable bonds is 7. The molecule has 0 heterocycles. The Bertz CT molecular complexity index is 726. The van der Waals surface area contributed by atoms with E-state index in [0.717, 1.165) is 5.56 Å². The Labute approximate surface area is 158 Å². The van der Waals surface area contributed by atoms with Gasteiger partial charge >= 0.3 is 11.6 Å². The number of aliphatic hydroxyl groups is 2. The van der Waals surface area contributed by atoms with E-state index in [0.29, 0.717) is 0 Å². The number of hydrogen-bond acceptors (Lipinski definition) is 5. The highest BCUT2D eigenvalue weighted by Gasteiger charge is 2.29. The van der Waals surface area contributed by atoms with Gasteiger partial charge in [0, 0.05) is 11.4 Å². The first-order chi connectivity index (χ1) is 12.7. The van der Waals surface area contributed by atoms with Gasteiger partial charge in [-0.25, -0.2) is 4.79 Å². The molecule has 2 aromatic rings. The van der Waals surface area contributed by atoms with E-state index in [1.54, 1.807) is 24.3 Å². The molecule has 0 aromatic heterocycles. The van der Waals surface area contributed by atoms with Crippen LogP contribution in [-0.4, -0.2) is 34.5 Å². The molecule has 146 valence electrons. The number of carbonyl (C=O) groups is 1. The molecular weight excluding hydrogens is 383 g/mol. The molecular formula is C18H18F3NO4S. The SMILES string of the molecule is O=C(NCC(O)C(O)c1ccc(SC(F)(F)F)cc1)OCc1ccccc1. The van der Waals surface area contributed by atoms with E-state index in [4.69, 9.17) is 4.74 Å². The maximum Gasteiger partial charge on any atom is 0.446 e. The van der Waals surface area contributed by atoms with Gasteiger partial charge in [0.05, 0.1) is 0 Å². The predicted molar refractivity (Wildman–Crippen MR) is 94.0 cm³/mol. The number of alkyl carbamates (subject to hydrolysis) is 1. The Balaban J connectivity index is 1.79. The lowest BCUT2D eigenvalue weighted by Gasteiger charge is -2.19. The molecule has 0 spiro atoms. The van der Waals surface area contributed by atoms with Gasteiger partial charge in [-0.3, -0.25) is 0 Å². The Morgan fingerprint density at radius 2 is 1.70 bits per heavy atom. The molecule has 0 bridgehead atoms. The van der Waals surface area contributed by atoms with Crippen LogP contribution in [0.15, 0.2) is 59.5 Å². The quantitative estimate of drug-likeness (QED) is 0.618. The standard InChI is InChI=1S/C18H18F3NO4S/c19-18(20,21)27-14-8-6-13(7-9-14)16(24)15(23)10-22-17(25)26-11-12-4-2-1-3-5-12/h1-9,15-16,23-24H,10-11H2,(H,22,25). The number of ether oxygens (including phenoxy) is 1. The van der Waals surface area contributed by atoms with Gasteiger partial charge in [-0.15, -0.1) is 0 Å². The number of carbonyl (C=O) groups excluding carboxylic acids is 1. The van der Waals surface area contributed by atoms with Crippen LogP contribution in [0.25, 0.3) is 0 Å². The fourth-order valence-corrected chi connectivity index (χ4v) is 2.70. The highest BCUT2D eigenvalue weighted by Crippen LogP contribution is 2.37. The zero-order valence-corrected chi connectivity index (χ0v) is 14.8. The number of alkyl halides is 3. The van der Waals surface area contributed by atoms with E-state index in [-0.39, 0.29) is 35.4 Å². The summed E-state index contributed by atoms with van der Waals surface area (Å²) in [5.41, 5.74) is -3.37. The van der Waals surface area contributed by atoms with Crippen molar-refractivity contribution >= 4 is 17.9 Å². The van der Waals surface area contributed by atoms with Gasteiger partial charge in [0.1, 0.15) is 18.8 Å². The summed E-state index contributed by atoms with van der Waals surface area (Å²) in [4.78, 5) is 11.6. The molecule has 0 aliphatic rings. The Morgan fingerprint density at radius 3 is 2.30 bits per heavy atom. The summed E-state index contributed by atoms with van der Waals surface area (Å²) in [5.74, 6) is 0. The van der Waals surface area contributed by atoms with E-state index in [9.17, 15) is 28.2 Å². The molecule has 0 radical (unpaired) electrons. The van der Waals surface area contributed by atoms with E-state index in [2.05, 4.69) is 5.32 Å². The summed E-state index contributed by atoms with van der Waals surface area (Å²) in [6.45, 7) is -0.225. The number of aliphatic hydroxyl groups excluding tert-OH is 2. The van der Waals surface area contributed by atoms with E-state index < -0.39 is 23.8 Å². The van der Waals surface area contributed by atoms with Crippen LogP contribution in [0.1, 0.15) is 17.2 Å². The maximum absolute atomic E-state index is 12.3. The maximum atomic E-state index is 12.3. The minimum absolute atomic E-state index is 0.0319. The Hall–Kier alpha value is -2.23. The number of halogens is 3. The summed E-state index contributed by atoms with van der Waals surface area (Å²) >= 11 is -0.270. The monoisotopic (exact) mass is 401 g/mol. The van der Waals surface area contributed by atoms with Gasteiger partial charge in [0.15, 0.2) is 0 Å². The predicted octanol–water partition coefficient (Wildman–Crippen LogP) is 3.62. The van der Waals surface area contributed by atoms with Crippen molar-refractivity contribution in [2.75, 3.05) is 6.54 Å². The summed E-state index contributed by atoms with van der Waals surface area (Å²) < 4.78 is 41.9. The van der Waals surface area contributed by atoms with Crippen molar-refractivity contribution in [1.29, 1.82) is 0 Å². The number of benzene rings is 2. The largest absolute Gasteiger partial charge is 0.446 e.